The van der Waals surface area contributed by atoms with Crippen molar-refractivity contribution in [1.29, 1.82) is 0 Å². The van der Waals surface area contributed by atoms with Crippen LogP contribution in [0.25, 0.3) is 10.4 Å². The number of aryl methyl sites for hydroxylation is 3. The Kier molecular flexibility index (Phi) is 2.61. The van der Waals surface area contributed by atoms with Crippen molar-refractivity contribution in [1.82, 2.24) is 4.98 Å². The topological polar surface area (TPSA) is 12.9 Å². The molecule has 2 heteroatoms. The molecule has 78 valence electrons. The van der Waals surface area contributed by atoms with Gasteiger partial charge in [-0.1, -0.05) is 18.2 Å². The molecular formula is C13H15NS. The van der Waals surface area contributed by atoms with Gasteiger partial charge < -0.3 is 0 Å². The van der Waals surface area contributed by atoms with Gasteiger partial charge in [-0.3, -0.25) is 0 Å². The van der Waals surface area contributed by atoms with Gasteiger partial charge in [0.2, 0.25) is 0 Å². The first-order valence-electron chi connectivity index (χ1n) is 5.10. The van der Waals surface area contributed by atoms with Crippen molar-refractivity contribution in [3.8, 4) is 10.4 Å². The van der Waals surface area contributed by atoms with Gasteiger partial charge in [-0.2, -0.15) is 0 Å². The number of benzene rings is 1. The number of thiazole rings is 1. The molecule has 0 N–H and O–H groups in total. The molecule has 15 heavy (non-hydrogen) atoms. The molecule has 2 aromatic rings. The number of hydrogen-bond donors (Lipinski definition) is 0. The number of nitrogens with zero attached hydrogens (tertiary/aromatic N) is 1. The molecule has 1 nitrogen and oxygen atoms in total. The molecule has 2 rings (SSSR count). The van der Waals surface area contributed by atoms with E-state index in [1.165, 1.54) is 21.6 Å². The van der Waals surface area contributed by atoms with Crippen LogP contribution in [0.1, 0.15) is 21.8 Å². The van der Waals surface area contributed by atoms with Gasteiger partial charge in [-0.25, -0.2) is 4.98 Å². The zero-order valence-corrected chi connectivity index (χ0v) is 10.4. The van der Waals surface area contributed by atoms with Gasteiger partial charge in [0, 0.05) is 0 Å². The lowest BCUT2D eigenvalue weighted by Gasteiger charge is -2.06. The molecule has 0 radical (unpaired) electrons. The Bertz CT molecular complexity index is 497. The van der Waals surface area contributed by atoms with Crippen LogP contribution >= 0.6 is 11.3 Å². The van der Waals surface area contributed by atoms with Gasteiger partial charge in [0.05, 0.1) is 15.6 Å². The zero-order chi connectivity index (χ0) is 11.0. The summed E-state index contributed by atoms with van der Waals surface area (Å²) in [6.07, 6.45) is 0. The third kappa shape index (κ3) is 1.82. The Morgan fingerprint density at radius 1 is 1.07 bits per heavy atom. The van der Waals surface area contributed by atoms with Crippen molar-refractivity contribution in [3.63, 3.8) is 0 Å². The SMILES string of the molecule is Cc1nc(C)c(-c2cccc(C)c2C)s1. The summed E-state index contributed by atoms with van der Waals surface area (Å²) in [7, 11) is 0. The summed E-state index contributed by atoms with van der Waals surface area (Å²) in [5.74, 6) is 0. The first-order chi connectivity index (χ1) is 7.09. The second kappa shape index (κ2) is 3.78. The van der Waals surface area contributed by atoms with Crippen molar-refractivity contribution in [3.05, 3.63) is 40.0 Å². The van der Waals surface area contributed by atoms with Crippen LogP contribution in [0.5, 0.6) is 0 Å². The Morgan fingerprint density at radius 2 is 1.80 bits per heavy atom. The van der Waals surface area contributed by atoms with Crippen molar-refractivity contribution >= 4 is 11.3 Å². The molecule has 0 fully saturated rings. The summed E-state index contributed by atoms with van der Waals surface area (Å²) in [5.41, 5.74) is 5.19. The molecule has 0 aliphatic heterocycles. The van der Waals surface area contributed by atoms with Crippen LogP contribution in [0.2, 0.25) is 0 Å². The molecule has 0 unspecified atom stereocenters. The van der Waals surface area contributed by atoms with E-state index in [1.807, 2.05) is 0 Å². The van der Waals surface area contributed by atoms with Gasteiger partial charge in [0.1, 0.15) is 0 Å². The fourth-order valence-corrected chi connectivity index (χ4v) is 2.78. The second-order valence-corrected chi connectivity index (χ2v) is 5.10. The third-order valence-electron chi connectivity index (χ3n) is 2.75. The van der Waals surface area contributed by atoms with Crippen molar-refractivity contribution < 1.29 is 0 Å². The predicted molar refractivity (Wildman–Crippen MR) is 66.5 cm³/mol. The van der Waals surface area contributed by atoms with Gasteiger partial charge in [-0.05, 0) is 44.4 Å². The Labute approximate surface area is 94.8 Å². The molecule has 0 aliphatic rings. The fourth-order valence-electron chi connectivity index (χ4n) is 1.78. The van der Waals surface area contributed by atoms with Crippen LogP contribution in [0.4, 0.5) is 0 Å². The van der Waals surface area contributed by atoms with Gasteiger partial charge >= 0.3 is 0 Å². The van der Waals surface area contributed by atoms with Crippen LogP contribution in [-0.4, -0.2) is 4.98 Å². The number of hydrogen-bond acceptors (Lipinski definition) is 2. The van der Waals surface area contributed by atoms with E-state index in [1.54, 1.807) is 11.3 Å². The summed E-state index contributed by atoms with van der Waals surface area (Å²) in [5, 5.41) is 1.14. The minimum Gasteiger partial charge on any atom is -0.246 e. The van der Waals surface area contributed by atoms with E-state index < -0.39 is 0 Å². The highest BCUT2D eigenvalue weighted by atomic mass is 32.1. The zero-order valence-electron chi connectivity index (χ0n) is 9.59. The van der Waals surface area contributed by atoms with Crippen LogP contribution in [0.15, 0.2) is 18.2 Å². The lowest BCUT2D eigenvalue weighted by atomic mass is 10.0. The molecule has 1 aromatic heterocycles. The van der Waals surface area contributed by atoms with E-state index in [-0.39, 0.29) is 0 Å². The molecule has 0 saturated carbocycles. The van der Waals surface area contributed by atoms with E-state index >= 15 is 0 Å². The minimum absolute atomic E-state index is 1.14. The number of rotatable bonds is 1. The molecule has 0 spiro atoms. The number of aromatic nitrogens is 1. The summed E-state index contributed by atoms with van der Waals surface area (Å²) in [4.78, 5) is 5.79. The summed E-state index contributed by atoms with van der Waals surface area (Å²) in [6.45, 7) is 8.48. The smallest absolute Gasteiger partial charge is 0.0903 e. The van der Waals surface area contributed by atoms with E-state index in [0.717, 1.165) is 10.7 Å². The van der Waals surface area contributed by atoms with Crippen LogP contribution in [0.3, 0.4) is 0 Å². The Morgan fingerprint density at radius 3 is 2.40 bits per heavy atom. The maximum Gasteiger partial charge on any atom is 0.0903 e. The highest BCUT2D eigenvalue weighted by Crippen LogP contribution is 2.32. The molecule has 0 saturated heterocycles. The summed E-state index contributed by atoms with van der Waals surface area (Å²) < 4.78 is 0. The summed E-state index contributed by atoms with van der Waals surface area (Å²) in [6, 6.07) is 6.45. The first kappa shape index (κ1) is 10.4. The van der Waals surface area contributed by atoms with Crippen LogP contribution < -0.4 is 0 Å². The second-order valence-electron chi connectivity index (χ2n) is 3.89. The largest absolute Gasteiger partial charge is 0.246 e. The molecule has 1 aromatic carbocycles. The van der Waals surface area contributed by atoms with Gasteiger partial charge in [0.15, 0.2) is 0 Å². The van der Waals surface area contributed by atoms with Crippen molar-refractivity contribution in [2.24, 2.45) is 0 Å². The minimum atomic E-state index is 1.14. The van der Waals surface area contributed by atoms with Crippen LogP contribution in [-0.2, 0) is 0 Å². The van der Waals surface area contributed by atoms with E-state index in [4.69, 9.17) is 0 Å². The maximum atomic E-state index is 4.48. The highest BCUT2D eigenvalue weighted by molar-refractivity contribution is 7.15. The third-order valence-corrected chi connectivity index (χ3v) is 3.86. The standard InChI is InChI=1S/C13H15NS/c1-8-6-5-7-12(9(8)2)13-10(3)14-11(4)15-13/h5-7H,1-4H3. The normalized spacial score (nSPS) is 10.7. The Hall–Kier alpha value is -1.15. The predicted octanol–water partition coefficient (Wildman–Crippen LogP) is 4.04. The lowest BCUT2D eigenvalue weighted by Crippen LogP contribution is -1.86. The quantitative estimate of drug-likeness (QED) is 0.702. The van der Waals surface area contributed by atoms with Crippen LogP contribution in [0, 0.1) is 27.7 Å². The van der Waals surface area contributed by atoms with Crippen molar-refractivity contribution in [2.75, 3.05) is 0 Å². The average Bonchev–Trinajstić information content (AvgIpc) is 2.50. The molecule has 1 heterocycles. The molecular weight excluding hydrogens is 202 g/mol. The molecule has 0 amide bonds. The highest BCUT2D eigenvalue weighted by Gasteiger charge is 2.10. The van der Waals surface area contributed by atoms with E-state index in [0.29, 0.717) is 0 Å². The van der Waals surface area contributed by atoms with E-state index in [9.17, 15) is 0 Å². The molecule has 0 aliphatic carbocycles. The van der Waals surface area contributed by atoms with Gasteiger partial charge in [0.25, 0.3) is 0 Å². The van der Waals surface area contributed by atoms with Crippen molar-refractivity contribution in [2.45, 2.75) is 27.7 Å². The maximum absolute atomic E-state index is 4.48. The monoisotopic (exact) mass is 217 g/mol. The summed E-state index contributed by atoms with van der Waals surface area (Å²) >= 11 is 1.78. The molecule has 0 atom stereocenters. The fraction of sp³-hybridized carbons (Fsp3) is 0.308. The Balaban J connectivity index is 2.64. The van der Waals surface area contributed by atoms with E-state index in [2.05, 4.69) is 50.9 Å². The first-order valence-corrected chi connectivity index (χ1v) is 5.92. The average molecular weight is 217 g/mol. The lowest BCUT2D eigenvalue weighted by molar-refractivity contribution is 1.20. The molecule has 0 bridgehead atoms. The van der Waals surface area contributed by atoms with Gasteiger partial charge in [-0.15, -0.1) is 11.3 Å².